The molecule has 0 bridgehead atoms. The Morgan fingerprint density at radius 3 is 2.33 bits per heavy atom. The molecule has 0 saturated heterocycles. The molecule has 1 saturated carbocycles. The molecule has 0 spiro atoms. The Morgan fingerprint density at radius 2 is 1.77 bits per heavy atom. The van der Waals surface area contributed by atoms with Crippen molar-refractivity contribution in [2.75, 3.05) is 10.7 Å². The Labute approximate surface area is 227 Å². The summed E-state index contributed by atoms with van der Waals surface area (Å²) in [4.78, 5) is 39.1. The number of carbonyl (C=O) groups excluding carboxylic acids is 3. The summed E-state index contributed by atoms with van der Waals surface area (Å²) in [5, 5.41) is 4.67. The molecule has 2 atom stereocenters. The molecule has 0 radical (unpaired) electrons. The van der Waals surface area contributed by atoms with Crippen LogP contribution in [0.1, 0.15) is 43.1 Å². The van der Waals surface area contributed by atoms with E-state index in [9.17, 15) is 31.6 Å². The average molecular weight is 588 g/mol. The summed E-state index contributed by atoms with van der Waals surface area (Å²) in [6.45, 7) is 4.48. The smallest absolute Gasteiger partial charge is 0.408 e. The van der Waals surface area contributed by atoms with Crippen molar-refractivity contribution in [3.63, 3.8) is 0 Å². The van der Waals surface area contributed by atoms with Gasteiger partial charge < -0.3 is 20.3 Å². The summed E-state index contributed by atoms with van der Waals surface area (Å²) >= 11 is 5.94. The first kappa shape index (κ1) is 28.7. The molecule has 14 heteroatoms. The van der Waals surface area contributed by atoms with Crippen LogP contribution in [-0.2, 0) is 25.9 Å². The van der Waals surface area contributed by atoms with Crippen LogP contribution in [0.4, 0.5) is 23.7 Å². The quantitative estimate of drug-likeness (QED) is 0.548. The Morgan fingerprint density at radius 1 is 1.15 bits per heavy atom. The molecule has 0 unspecified atom stereocenters. The normalized spacial score (nSPS) is 21.4. The Bertz CT molecular complexity index is 1440. The number of halogens is 4. The van der Waals surface area contributed by atoms with Gasteiger partial charge in [-0.1, -0.05) is 23.7 Å². The van der Waals surface area contributed by atoms with E-state index in [2.05, 4.69) is 5.32 Å². The van der Waals surface area contributed by atoms with Gasteiger partial charge in [0.1, 0.15) is 17.5 Å². The molecule has 2 aliphatic rings. The first-order valence-corrected chi connectivity index (χ1v) is 13.8. The van der Waals surface area contributed by atoms with Gasteiger partial charge in [-0.25, -0.2) is 26.4 Å². The molecule has 210 valence electrons. The van der Waals surface area contributed by atoms with E-state index >= 15 is 4.39 Å². The summed E-state index contributed by atoms with van der Waals surface area (Å²) in [7, 11) is -4.42. The van der Waals surface area contributed by atoms with Crippen LogP contribution < -0.4 is 15.5 Å². The van der Waals surface area contributed by atoms with Crippen molar-refractivity contribution in [1.29, 1.82) is 0 Å². The average Bonchev–Trinajstić information content (AvgIpc) is 3.42. The third-order valence-electron chi connectivity index (χ3n) is 5.95. The fraction of sp³-hybridized carbons (Fsp3) is 0.400. The molecule has 2 N–H and O–H groups in total. The fourth-order valence-electron chi connectivity index (χ4n) is 3.96. The number of fused-ring (bicyclic) bond motifs is 1. The molecular formula is C25H25ClF3N3O6S. The summed E-state index contributed by atoms with van der Waals surface area (Å²) in [6.07, 6.45) is -1.66. The molecular weight excluding hydrogens is 563 g/mol. The Hall–Kier alpha value is -3.32. The highest BCUT2D eigenvalue weighted by Crippen LogP contribution is 2.42. The Kier molecular flexibility index (Phi) is 7.36. The molecule has 2 aromatic rings. The number of alkyl carbamates (subject to hydrolysis) is 1. The number of sulfone groups is 1. The van der Waals surface area contributed by atoms with E-state index in [4.69, 9.17) is 16.3 Å². The van der Waals surface area contributed by atoms with Gasteiger partial charge in [0.15, 0.2) is 9.84 Å². The van der Waals surface area contributed by atoms with Gasteiger partial charge in [0.25, 0.3) is 17.7 Å². The highest BCUT2D eigenvalue weighted by Gasteiger charge is 2.58. The SMILES string of the molecule is CC(C)(C)OC(=O)N[C@H]1CS(=O)(=O)c2cc(F)c(C(=O)N[C@@H]3CC3(F)F)cc2N(Cc2ccc(Cl)cc2)C1=O. The molecule has 1 aliphatic heterocycles. The van der Waals surface area contributed by atoms with Crippen LogP contribution in [0.2, 0.25) is 5.02 Å². The molecule has 4 rings (SSSR count). The number of hydrogen-bond acceptors (Lipinski definition) is 6. The number of alkyl halides is 2. The molecule has 39 heavy (non-hydrogen) atoms. The van der Waals surface area contributed by atoms with Crippen molar-refractivity contribution in [3.05, 3.63) is 58.4 Å². The molecule has 2 aromatic carbocycles. The molecule has 1 aliphatic carbocycles. The number of benzene rings is 2. The van der Waals surface area contributed by atoms with E-state index in [1.165, 1.54) is 12.1 Å². The second-order valence-electron chi connectivity index (χ2n) is 10.3. The van der Waals surface area contributed by atoms with Gasteiger partial charge in [-0.05, 0) is 50.6 Å². The lowest BCUT2D eigenvalue weighted by atomic mass is 10.1. The largest absolute Gasteiger partial charge is 0.444 e. The van der Waals surface area contributed by atoms with E-state index in [1.54, 1.807) is 32.9 Å². The van der Waals surface area contributed by atoms with Gasteiger partial charge in [-0.2, -0.15) is 0 Å². The zero-order valence-electron chi connectivity index (χ0n) is 21.1. The minimum Gasteiger partial charge on any atom is -0.444 e. The Balaban J connectivity index is 1.78. The van der Waals surface area contributed by atoms with Crippen LogP contribution in [0, 0.1) is 5.82 Å². The van der Waals surface area contributed by atoms with Crippen molar-refractivity contribution < 1.29 is 40.7 Å². The lowest BCUT2D eigenvalue weighted by Crippen LogP contribution is -2.51. The van der Waals surface area contributed by atoms with Crippen LogP contribution in [0.3, 0.4) is 0 Å². The van der Waals surface area contributed by atoms with Gasteiger partial charge in [-0.15, -0.1) is 0 Å². The van der Waals surface area contributed by atoms with E-state index in [-0.39, 0.29) is 12.2 Å². The standard InChI is InChI=1S/C25H25ClF3N3O6S/c1-24(2,3)38-23(35)30-17-12-39(36,37)19-9-16(27)15(21(33)31-20-10-25(20,28)29)8-18(19)32(22(17)34)11-13-4-6-14(26)7-5-13/h4-9,17,20H,10-12H2,1-3H3,(H,30,35)(H,31,33)/t17-,20+/m0/s1. The number of ether oxygens (including phenoxy) is 1. The maximum atomic E-state index is 15.0. The second-order valence-corrected chi connectivity index (χ2v) is 12.8. The third kappa shape index (κ3) is 6.47. The van der Waals surface area contributed by atoms with E-state index < -0.39 is 79.8 Å². The summed E-state index contributed by atoms with van der Waals surface area (Å²) in [5.74, 6) is -7.41. The van der Waals surface area contributed by atoms with Crippen LogP contribution in [0.25, 0.3) is 0 Å². The number of amides is 3. The topological polar surface area (TPSA) is 122 Å². The second kappa shape index (κ2) is 10.0. The van der Waals surface area contributed by atoms with Crippen molar-refractivity contribution in [2.45, 2.75) is 62.2 Å². The lowest BCUT2D eigenvalue weighted by Gasteiger charge is -2.27. The monoisotopic (exact) mass is 587 g/mol. The van der Waals surface area contributed by atoms with Gasteiger partial charge in [0.2, 0.25) is 0 Å². The minimum atomic E-state index is -4.42. The number of anilines is 1. The van der Waals surface area contributed by atoms with Crippen LogP contribution >= 0.6 is 11.6 Å². The maximum absolute atomic E-state index is 15.0. The van der Waals surface area contributed by atoms with Crippen LogP contribution in [0.15, 0.2) is 41.3 Å². The number of carbonyl (C=O) groups is 3. The van der Waals surface area contributed by atoms with Crippen LogP contribution in [0.5, 0.6) is 0 Å². The van der Waals surface area contributed by atoms with E-state index in [0.717, 1.165) is 11.0 Å². The highest BCUT2D eigenvalue weighted by atomic mass is 35.5. The van der Waals surface area contributed by atoms with Gasteiger partial charge in [-0.3, -0.25) is 9.59 Å². The molecule has 0 aromatic heterocycles. The van der Waals surface area contributed by atoms with Crippen LogP contribution in [-0.4, -0.2) is 55.7 Å². The highest BCUT2D eigenvalue weighted by molar-refractivity contribution is 7.91. The zero-order valence-corrected chi connectivity index (χ0v) is 22.6. The van der Waals surface area contributed by atoms with Gasteiger partial charge in [0.05, 0.1) is 34.5 Å². The predicted octanol–water partition coefficient (Wildman–Crippen LogP) is 3.83. The number of nitrogens with one attached hydrogen (secondary N) is 2. The third-order valence-corrected chi connectivity index (χ3v) is 7.97. The number of hydrogen-bond donors (Lipinski definition) is 2. The van der Waals surface area contributed by atoms with E-state index in [0.29, 0.717) is 16.7 Å². The summed E-state index contributed by atoms with van der Waals surface area (Å²) in [5.41, 5.74) is -1.54. The molecule has 9 nitrogen and oxygen atoms in total. The number of nitrogens with zero attached hydrogens (tertiary/aromatic N) is 1. The molecule has 3 amide bonds. The molecule has 1 fully saturated rings. The minimum absolute atomic E-state index is 0.252. The van der Waals surface area contributed by atoms with Crippen molar-refractivity contribution in [3.8, 4) is 0 Å². The number of rotatable bonds is 5. The first-order valence-electron chi connectivity index (χ1n) is 11.8. The van der Waals surface area contributed by atoms with Gasteiger partial charge >= 0.3 is 6.09 Å². The first-order chi connectivity index (χ1) is 18.0. The summed E-state index contributed by atoms with van der Waals surface area (Å²) < 4.78 is 73.5. The summed E-state index contributed by atoms with van der Waals surface area (Å²) in [6, 6.07) is 4.49. The van der Waals surface area contributed by atoms with Crippen molar-refractivity contribution in [2.24, 2.45) is 0 Å². The van der Waals surface area contributed by atoms with Crippen molar-refractivity contribution in [1.82, 2.24) is 10.6 Å². The maximum Gasteiger partial charge on any atom is 0.408 e. The zero-order chi connectivity index (χ0) is 28.9. The van der Waals surface area contributed by atoms with Crippen molar-refractivity contribution >= 4 is 45.0 Å². The lowest BCUT2D eigenvalue weighted by molar-refractivity contribution is -0.120. The van der Waals surface area contributed by atoms with E-state index in [1.807, 2.05) is 5.32 Å². The fourth-order valence-corrected chi connectivity index (χ4v) is 5.70. The molecule has 1 heterocycles. The van der Waals surface area contributed by atoms with Gasteiger partial charge in [0, 0.05) is 11.4 Å². The predicted molar refractivity (Wildman–Crippen MR) is 135 cm³/mol.